The fraction of sp³-hybridized carbons (Fsp3) is 0.500. The number of hydrogen-bond acceptors (Lipinski definition) is 3. The minimum absolute atomic E-state index is 0. The molecule has 2 rings (SSSR count). The number of nitrogens with zero attached hydrogens (tertiary/aromatic N) is 2. The van der Waals surface area contributed by atoms with E-state index in [9.17, 15) is 0 Å². The second-order valence-electron chi connectivity index (χ2n) is 5.97. The zero-order chi connectivity index (χ0) is 16.5. The molecule has 0 bridgehead atoms. The van der Waals surface area contributed by atoms with Crippen LogP contribution in [0.3, 0.4) is 0 Å². The molecule has 134 valence electrons. The van der Waals surface area contributed by atoms with Crippen molar-refractivity contribution >= 4 is 29.9 Å². The van der Waals surface area contributed by atoms with E-state index in [4.69, 9.17) is 4.74 Å². The Hall–Kier alpha value is -1.28. The highest BCUT2D eigenvalue weighted by atomic mass is 127. The third-order valence-corrected chi connectivity index (χ3v) is 3.79. The largest absolute Gasteiger partial charge is 0.492 e. The molecule has 0 atom stereocenters. The smallest absolute Gasteiger partial charge is 0.191 e. The Morgan fingerprint density at radius 2 is 1.96 bits per heavy atom. The first-order valence-corrected chi connectivity index (χ1v) is 8.16. The van der Waals surface area contributed by atoms with E-state index in [2.05, 4.69) is 38.7 Å². The summed E-state index contributed by atoms with van der Waals surface area (Å²) in [4.78, 5) is 6.41. The summed E-state index contributed by atoms with van der Waals surface area (Å²) >= 11 is 0. The van der Waals surface area contributed by atoms with Crippen LogP contribution >= 0.6 is 24.0 Å². The van der Waals surface area contributed by atoms with Gasteiger partial charge < -0.3 is 20.3 Å². The zero-order valence-electron chi connectivity index (χ0n) is 14.8. The maximum absolute atomic E-state index is 5.90. The van der Waals surface area contributed by atoms with E-state index in [0.717, 1.165) is 36.7 Å². The van der Waals surface area contributed by atoms with E-state index >= 15 is 0 Å². The average molecular weight is 444 g/mol. The molecule has 0 spiro atoms. The van der Waals surface area contributed by atoms with Crippen molar-refractivity contribution in [3.63, 3.8) is 0 Å². The van der Waals surface area contributed by atoms with Crippen molar-refractivity contribution in [1.29, 1.82) is 0 Å². The van der Waals surface area contributed by atoms with Gasteiger partial charge in [-0.2, -0.15) is 0 Å². The summed E-state index contributed by atoms with van der Waals surface area (Å²) in [5.74, 6) is 1.77. The summed E-state index contributed by atoms with van der Waals surface area (Å²) in [6.45, 7) is 2.28. The van der Waals surface area contributed by atoms with Crippen molar-refractivity contribution in [3.8, 4) is 5.75 Å². The summed E-state index contributed by atoms with van der Waals surface area (Å²) < 4.78 is 5.90. The Morgan fingerprint density at radius 3 is 2.62 bits per heavy atom. The fourth-order valence-corrected chi connectivity index (χ4v) is 2.43. The van der Waals surface area contributed by atoms with E-state index in [1.807, 2.05) is 32.3 Å². The molecular formula is C18H29IN4O. The van der Waals surface area contributed by atoms with Gasteiger partial charge in [-0.25, -0.2) is 0 Å². The van der Waals surface area contributed by atoms with Crippen LogP contribution in [-0.2, 0) is 6.54 Å². The van der Waals surface area contributed by atoms with Gasteiger partial charge in [-0.05, 0) is 33.0 Å². The Kier molecular flexibility index (Phi) is 9.78. The highest BCUT2D eigenvalue weighted by Crippen LogP contribution is 2.17. The number of guanidine groups is 1. The Morgan fingerprint density at radius 1 is 1.25 bits per heavy atom. The van der Waals surface area contributed by atoms with Gasteiger partial charge in [-0.15, -0.1) is 24.0 Å². The Labute approximate surface area is 162 Å². The predicted molar refractivity (Wildman–Crippen MR) is 111 cm³/mol. The van der Waals surface area contributed by atoms with Crippen LogP contribution in [0.1, 0.15) is 18.4 Å². The Bertz CT molecular complexity index is 538. The molecule has 0 fully saturated rings. The second kappa shape index (κ2) is 11.3. The first-order chi connectivity index (χ1) is 11.2. The van der Waals surface area contributed by atoms with Crippen LogP contribution < -0.4 is 15.4 Å². The average Bonchev–Trinajstić information content (AvgIpc) is 3.05. The quantitative estimate of drug-likeness (QED) is 0.294. The maximum Gasteiger partial charge on any atom is 0.191 e. The van der Waals surface area contributed by atoms with Crippen molar-refractivity contribution in [2.45, 2.75) is 25.4 Å². The molecule has 6 heteroatoms. The first-order valence-electron chi connectivity index (χ1n) is 8.16. The lowest BCUT2D eigenvalue weighted by Crippen LogP contribution is -2.42. The van der Waals surface area contributed by atoms with Crippen LogP contribution in [-0.4, -0.2) is 51.2 Å². The molecule has 1 aliphatic rings. The molecular weight excluding hydrogens is 415 g/mol. The number of halogens is 1. The molecule has 24 heavy (non-hydrogen) atoms. The third kappa shape index (κ3) is 7.09. The predicted octanol–water partition coefficient (Wildman–Crippen LogP) is 2.63. The van der Waals surface area contributed by atoms with Gasteiger partial charge >= 0.3 is 0 Å². The molecule has 0 heterocycles. The van der Waals surface area contributed by atoms with Crippen molar-refractivity contribution < 1.29 is 4.74 Å². The van der Waals surface area contributed by atoms with Crippen LogP contribution in [0.4, 0.5) is 0 Å². The van der Waals surface area contributed by atoms with Crippen molar-refractivity contribution in [3.05, 3.63) is 42.0 Å². The fourth-order valence-electron chi connectivity index (χ4n) is 2.43. The van der Waals surface area contributed by atoms with Gasteiger partial charge in [0.25, 0.3) is 0 Å². The highest BCUT2D eigenvalue weighted by Gasteiger charge is 2.12. The summed E-state index contributed by atoms with van der Waals surface area (Å²) in [6, 6.07) is 8.60. The molecule has 2 N–H and O–H groups in total. The number of para-hydroxylation sites is 1. The van der Waals surface area contributed by atoms with Crippen LogP contribution in [0.5, 0.6) is 5.75 Å². The summed E-state index contributed by atoms with van der Waals surface area (Å²) in [7, 11) is 5.89. The van der Waals surface area contributed by atoms with Gasteiger partial charge in [0.15, 0.2) is 5.96 Å². The van der Waals surface area contributed by atoms with Crippen LogP contribution in [0.25, 0.3) is 0 Å². The van der Waals surface area contributed by atoms with Gasteiger partial charge in [-0.1, -0.05) is 30.4 Å². The molecule has 5 nitrogen and oxygen atoms in total. The molecule has 0 amide bonds. The van der Waals surface area contributed by atoms with Crippen molar-refractivity contribution in [2.24, 2.45) is 4.99 Å². The number of hydrogen-bond donors (Lipinski definition) is 2. The van der Waals surface area contributed by atoms with E-state index in [1.165, 1.54) is 0 Å². The molecule has 1 aromatic carbocycles. The van der Waals surface area contributed by atoms with Crippen molar-refractivity contribution in [1.82, 2.24) is 15.5 Å². The van der Waals surface area contributed by atoms with Gasteiger partial charge in [0.1, 0.15) is 12.4 Å². The molecule has 1 aromatic rings. The number of nitrogens with one attached hydrogen (secondary N) is 2. The number of likely N-dealkylation sites (N-methyl/N-ethyl adjacent to an activating group) is 1. The number of ether oxygens (including phenoxy) is 1. The second-order valence-corrected chi connectivity index (χ2v) is 5.97. The molecule has 0 radical (unpaired) electrons. The number of aliphatic imine (C=N–C) groups is 1. The molecule has 0 saturated carbocycles. The minimum atomic E-state index is 0. The first kappa shape index (κ1) is 20.8. The van der Waals surface area contributed by atoms with Crippen molar-refractivity contribution in [2.75, 3.05) is 34.3 Å². The Balaban J connectivity index is 0.00000288. The standard InChI is InChI=1S/C18H28N4O.HI/c1-19-18(21-16-9-5-6-10-16)20-14-15-8-4-7-11-17(15)23-13-12-22(2)3;/h4-8,11,16H,9-10,12-14H2,1-3H3,(H2,19,20,21);1H. The topological polar surface area (TPSA) is 48.9 Å². The van der Waals surface area contributed by atoms with E-state index in [-0.39, 0.29) is 24.0 Å². The molecule has 0 unspecified atom stereocenters. The normalized spacial score (nSPS) is 14.6. The zero-order valence-corrected chi connectivity index (χ0v) is 17.1. The summed E-state index contributed by atoms with van der Waals surface area (Å²) in [5, 5.41) is 6.82. The summed E-state index contributed by atoms with van der Waals surface area (Å²) in [5.41, 5.74) is 1.14. The minimum Gasteiger partial charge on any atom is -0.492 e. The van der Waals surface area contributed by atoms with Crippen LogP contribution in [0, 0.1) is 0 Å². The van der Waals surface area contributed by atoms with Crippen LogP contribution in [0.2, 0.25) is 0 Å². The SMILES string of the molecule is CN=C(NCc1ccccc1OCCN(C)C)NC1CC=CC1.I. The lowest BCUT2D eigenvalue weighted by molar-refractivity contribution is 0.259. The molecule has 0 aromatic heterocycles. The third-order valence-electron chi connectivity index (χ3n) is 3.79. The van der Waals surface area contributed by atoms with Gasteiger partial charge in [-0.3, -0.25) is 4.99 Å². The van der Waals surface area contributed by atoms with Gasteiger partial charge in [0.05, 0.1) is 0 Å². The van der Waals surface area contributed by atoms with Gasteiger partial charge in [0.2, 0.25) is 0 Å². The lowest BCUT2D eigenvalue weighted by Gasteiger charge is -2.18. The molecule has 1 aliphatic carbocycles. The monoisotopic (exact) mass is 444 g/mol. The van der Waals surface area contributed by atoms with Crippen LogP contribution in [0.15, 0.2) is 41.4 Å². The highest BCUT2D eigenvalue weighted by molar-refractivity contribution is 14.0. The number of benzene rings is 1. The maximum atomic E-state index is 5.90. The van der Waals surface area contributed by atoms with Gasteiger partial charge in [0, 0.05) is 31.7 Å². The van der Waals surface area contributed by atoms with E-state index in [0.29, 0.717) is 19.2 Å². The van der Waals surface area contributed by atoms with E-state index in [1.54, 1.807) is 7.05 Å². The summed E-state index contributed by atoms with van der Waals surface area (Å²) in [6.07, 6.45) is 6.54. The number of rotatable bonds is 7. The molecule has 0 saturated heterocycles. The lowest BCUT2D eigenvalue weighted by atomic mass is 10.2. The molecule has 0 aliphatic heterocycles. The van der Waals surface area contributed by atoms with E-state index < -0.39 is 0 Å².